The first-order chi connectivity index (χ1) is 12.5. The van der Waals surface area contributed by atoms with Crippen molar-refractivity contribution < 1.29 is 13.9 Å². The van der Waals surface area contributed by atoms with Gasteiger partial charge >= 0.3 is 0 Å². The van der Waals surface area contributed by atoms with E-state index in [2.05, 4.69) is 28.3 Å². The second-order valence-electron chi connectivity index (χ2n) is 7.02. The standard InChI is InChI=1S/C19H24FN3O2S/c1-12(2)18-17(26-22-21-18)11-23-8-4-5-14(10-23)19(24)13-6-7-16(25-3)15(20)9-13/h6-7,9,12,14H,4-5,8,10-11H2,1-3H3. The summed E-state index contributed by atoms with van der Waals surface area (Å²) in [5.41, 5.74) is 1.46. The predicted molar refractivity (Wildman–Crippen MR) is 99.3 cm³/mol. The van der Waals surface area contributed by atoms with E-state index in [0.717, 1.165) is 31.6 Å². The van der Waals surface area contributed by atoms with E-state index in [1.54, 1.807) is 6.07 Å². The van der Waals surface area contributed by atoms with Gasteiger partial charge in [-0.15, -0.1) is 5.10 Å². The van der Waals surface area contributed by atoms with Gasteiger partial charge in [0.1, 0.15) is 0 Å². The minimum atomic E-state index is -0.497. The molecule has 0 radical (unpaired) electrons. The van der Waals surface area contributed by atoms with Crippen molar-refractivity contribution in [2.45, 2.75) is 39.2 Å². The summed E-state index contributed by atoms with van der Waals surface area (Å²) in [6.07, 6.45) is 1.79. The van der Waals surface area contributed by atoms with Gasteiger partial charge in [0.25, 0.3) is 0 Å². The SMILES string of the molecule is COc1ccc(C(=O)C2CCCN(Cc3snnc3C(C)C)C2)cc1F. The summed E-state index contributed by atoms with van der Waals surface area (Å²) in [4.78, 5) is 16.3. The number of hydrogen-bond acceptors (Lipinski definition) is 6. The monoisotopic (exact) mass is 377 g/mol. The van der Waals surface area contributed by atoms with Crippen LogP contribution in [0, 0.1) is 11.7 Å². The lowest BCUT2D eigenvalue weighted by Crippen LogP contribution is -2.38. The van der Waals surface area contributed by atoms with Crippen LogP contribution in [0.15, 0.2) is 18.2 Å². The van der Waals surface area contributed by atoms with Gasteiger partial charge in [0.2, 0.25) is 0 Å². The van der Waals surface area contributed by atoms with Gasteiger partial charge in [0, 0.05) is 24.6 Å². The summed E-state index contributed by atoms with van der Waals surface area (Å²) in [6, 6.07) is 4.44. The minimum Gasteiger partial charge on any atom is -0.494 e. The molecule has 2 heterocycles. The molecule has 1 saturated heterocycles. The van der Waals surface area contributed by atoms with E-state index in [1.807, 2.05) is 0 Å². The van der Waals surface area contributed by atoms with E-state index in [0.29, 0.717) is 18.0 Å². The van der Waals surface area contributed by atoms with Gasteiger partial charge in [-0.25, -0.2) is 4.39 Å². The maximum atomic E-state index is 13.9. The fourth-order valence-corrected chi connectivity index (χ4v) is 4.27. The first-order valence-corrected chi connectivity index (χ1v) is 9.68. The minimum absolute atomic E-state index is 0.00256. The molecule has 3 rings (SSSR count). The van der Waals surface area contributed by atoms with Crippen LogP contribution >= 0.6 is 11.5 Å². The highest BCUT2D eigenvalue weighted by atomic mass is 32.1. The van der Waals surface area contributed by atoms with Gasteiger partial charge in [-0.3, -0.25) is 9.69 Å². The number of likely N-dealkylation sites (tertiary alicyclic amines) is 1. The molecule has 2 aromatic rings. The summed E-state index contributed by atoms with van der Waals surface area (Å²) in [6.45, 7) is 6.63. The molecule has 26 heavy (non-hydrogen) atoms. The number of benzene rings is 1. The highest BCUT2D eigenvalue weighted by Crippen LogP contribution is 2.27. The quantitative estimate of drug-likeness (QED) is 0.715. The molecule has 0 amide bonds. The fraction of sp³-hybridized carbons (Fsp3) is 0.526. The van der Waals surface area contributed by atoms with Crippen LogP contribution in [0.25, 0.3) is 0 Å². The lowest BCUT2D eigenvalue weighted by molar-refractivity contribution is 0.0812. The number of aromatic nitrogens is 2. The Kier molecular flexibility index (Phi) is 5.98. The Hall–Kier alpha value is -1.86. The van der Waals surface area contributed by atoms with Gasteiger partial charge in [0.15, 0.2) is 17.3 Å². The molecule has 0 aliphatic carbocycles. The maximum absolute atomic E-state index is 13.9. The number of carbonyl (C=O) groups is 1. The highest BCUT2D eigenvalue weighted by Gasteiger charge is 2.28. The van der Waals surface area contributed by atoms with Crippen LogP contribution in [0.5, 0.6) is 5.75 Å². The number of carbonyl (C=O) groups excluding carboxylic acids is 1. The second-order valence-corrected chi connectivity index (χ2v) is 7.86. The second kappa shape index (κ2) is 8.22. The molecule has 1 atom stereocenters. The van der Waals surface area contributed by atoms with Crippen molar-refractivity contribution in [2.75, 3.05) is 20.2 Å². The summed E-state index contributed by atoms with van der Waals surface area (Å²) in [7, 11) is 1.42. The Morgan fingerprint density at radius 1 is 1.46 bits per heavy atom. The van der Waals surface area contributed by atoms with Gasteiger partial charge in [0.05, 0.1) is 17.7 Å². The third-order valence-corrected chi connectivity index (χ3v) is 5.53. The molecule has 1 aliphatic rings. The average Bonchev–Trinajstić information content (AvgIpc) is 3.09. The zero-order valence-electron chi connectivity index (χ0n) is 15.4. The number of Topliss-reactive ketones (excluding diaryl/α,β-unsaturated/α-hetero) is 1. The van der Waals surface area contributed by atoms with Crippen molar-refractivity contribution >= 4 is 17.3 Å². The number of ketones is 1. The number of piperidine rings is 1. The zero-order chi connectivity index (χ0) is 18.7. The normalized spacial score (nSPS) is 18.3. The lowest BCUT2D eigenvalue weighted by Gasteiger charge is -2.31. The molecule has 1 aliphatic heterocycles. The van der Waals surface area contributed by atoms with Crippen LogP contribution in [0.2, 0.25) is 0 Å². The number of hydrogen-bond donors (Lipinski definition) is 0. The van der Waals surface area contributed by atoms with Crippen LogP contribution < -0.4 is 4.74 Å². The number of ether oxygens (including phenoxy) is 1. The maximum Gasteiger partial charge on any atom is 0.167 e. The van der Waals surface area contributed by atoms with Crippen LogP contribution in [0.3, 0.4) is 0 Å². The summed E-state index contributed by atoms with van der Waals surface area (Å²) >= 11 is 1.43. The van der Waals surface area contributed by atoms with Crippen molar-refractivity contribution in [3.63, 3.8) is 0 Å². The third-order valence-electron chi connectivity index (χ3n) is 4.81. The summed E-state index contributed by atoms with van der Waals surface area (Å²) in [5, 5.41) is 4.23. The summed E-state index contributed by atoms with van der Waals surface area (Å²) < 4.78 is 22.9. The molecule has 0 saturated carbocycles. The molecular weight excluding hydrogens is 353 g/mol. The van der Waals surface area contributed by atoms with Crippen LogP contribution in [0.4, 0.5) is 4.39 Å². The van der Waals surface area contributed by atoms with E-state index in [4.69, 9.17) is 4.74 Å². The van der Waals surface area contributed by atoms with Crippen molar-refractivity contribution in [3.8, 4) is 5.75 Å². The van der Waals surface area contributed by atoms with E-state index in [9.17, 15) is 9.18 Å². The van der Waals surface area contributed by atoms with Crippen LogP contribution in [0.1, 0.15) is 53.5 Å². The molecule has 0 spiro atoms. The fourth-order valence-electron chi connectivity index (χ4n) is 3.44. The van der Waals surface area contributed by atoms with Crippen molar-refractivity contribution in [3.05, 3.63) is 40.2 Å². The van der Waals surface area contributed by atoms with Crippen LogP contribution in [-0.4, -0.2) is 40.5 Å². The zero-order valence-corrected chi connectivity index (χ0v) is 16.2. The number of halogens is 1. The molecule has 0 N–H and O–H groups in total. The van der Waals surface area contributed by atoms with Gasteiger partial charge in [-0.05, 0) is 55.0 Å². The Bertz CT molecular complexity index is 778. The van der Waals surface area contributed by atoms with Gasteiger partial charge < -0.3 is 4.74 Å². The van der Waals surface area contributed by atoms with E-state index < -0.39 is 5.82 Å². The molecule has 1 aromatic heterocycles. The molecule has 1 unspecified atom stereocenters. The van der Waals surface area contributed by atoms with Crippen LogP contribution in [-0.2, 0) is 6.54 Å². The first-order valence-electron chi connectivity index (χ1n) is 8.90. The Morgan fingerprint density at radius 2 is 2.27 bits per heavy atom. The lowest BCUT2D eigenvalue weighted by atomic mass is 9.90. The molecule has 1 aromatic carbocycles. The summed E-state index contributed by atoms with van der Waals surface area (Å²) in [5.74, 6) is -0.106. The van der Waals surface area contributed by atoms with Crippen molar-refractivity contribution in [2.24, 2.45) is 5.92 Å². The largest absolute Gasteiger partial charge is 0.494 e. The molecule has 0 bridgehead atoms. The topological polar surface area (TPSA) is 55.3 Å². The van der Waals surface area contributed by atoms with E-state index in [-0.39, 0.29) is 17.5 Å². The number of nitrogens with zero attached hydrogens (tertiary/aromatic N) is 3. The smallest absolute Gasteiger partial charge is 0.167 e. The van der Waals surface area contributed by atoms with Crippen molar-refractivity contribution in [1.82, 2.24) is 14.5 Å². The molecule has 7 heteroatoms. The average molecular weight is 377 g/mol. The number of rotatable bonds is 6. The predicted octanol–water partition coefficient (Wildman–Crippen LogP) is 3.90. The Labute approximate surface area is 157 Å². The van der Waals surface area contributed by atoms with E-state index in [1.165, 1.54) is 35.7 Å². The Balaban J connectivity index is 1.69. The molecule has 5 nitrogen and oxygen atoms in total. The van der Waals surface area contributed by atoms with Crippen molar-refractivity contribution in [1.29, 1.82) is 0 Å². The molecular formula is C19H24FN3O2S. The first kappa shape index (κ1) is 18.9. The molecule has 1 fully saturated rings. The highest BCUT2D eigenvalue weighted by molar-refractivity contribution is 7.05. The van der Waals surface area contributed by atoms with E-state index >= 15 is 0 Å². The van der Waals surface area contributed by atoms with Gasteiger partial charge in [-0.2, -0.15) is 0 Å². The number of methoxy groups -OCH3 is 1. The molecule has 140 valence electrons. The third kappa shape index (κ3) is 4.10. The Morgan fingerprint density at radius 3 is 2.96 bits per heavy atom. The van der Waals surface area contributed by atoms with Gasteiger partial charge in [-0.1, -0.05) is 18.3 Å².